The summed E-state index contributed by atoms with van der Waals surface area (Å²) in [6.45, 7) is 4.36. The number of fused-ring (bicyclic) bond motifs is 3. The summed E-state index contributed by atoms with van der Waals surface area (Å²) in [5.41, 5.74) is 7.52. The number of hydrogen-bond donors (Lipinski definition) is 1. The van der Waals surface area contributed by atoms with Crippen LogP contribution in [0.2, 0.25) is 0 Å². The molecule has 0 spiro atoms. The molecule has 4 atom stereocenters. The van der Waals surface area contributed by atoms with Crippen molar-refractivity contribution in [2.45, 2.75) is 44.1 Å². The van der Waals surface area contributed by atoms with Gasteiger partial charge < -0.3 is 5.11 Å². The molecule has 0 radical (unpaired) electrons. The van der Waals surface area contributed by atoms with Crippen molar-refractivity contribution in [2.24, 2.45) is 11.3 Å². The van der Waals surface area contributed by atoms with Crippen LogP contribution in [-0.4, -0.2) is 31.1 Å². The maximum absolute atomic E-state index is 13.1. The lowest BCUT2D eigenvalue weighted by Crippen LogP contribution is -2.36. The SMILES string of the molecule is C=S1(=O)C=C([C@@H](O)[C@H]2CCC3=Cc4c(cnn4-c4ccc(C)cc4)C[C@@]32C)c2ccccc21. The number of benzene rings is 2. The van der Waals surface area contributed by atoms with Crippen LogP contribution in [0.25, 0.3) is 17.3 Å². The van der Waals surface area contributed by atoms with Crippen molar-refractivity contribution < 1.29 is 9.32 Å². The third kappa shape index (κ3) is 3.02. The molecule has 1 N–H and O–H groups in total. The standard InChI is InChI=1S/C28H28N2O2S/c1-18-8-11-21(12-9-18)30-25-14-20-10-13-24(28(20,2)15-19(25)16-29-30)27(31)23-17-33(3,32)26-7-5-4-6-22(23)26/h4-9,11-12,14,16-17,24,27,31H,3,10,13,15H2,1-2H3/t24-,27-,28+,33?/m1/s1. The smallest absolute Gasteiger partial charge is 0.0838 e. The van der Waals surface area contributed by atoms with E-state index in [0.29, 0.717) is 0 Å². The Morgan fingerprint density at radius 1 is 1.21 bits per heavy atom. The first-order valence-corrected chi connectivity index (χ1v) is 13.3. The lowest BCUT2D eigenvalue weighted by Gasteiger charge is -2.38. The highest BCUT2D eigenvalue weighted by atomic mass is 32.2. The maximum Gasteiger partial charge on any atom is 0.0838 e. The van der Waals surface area contributed by atoms with Gasteiger partial charge in [-0.25, -0.2) is 4.68 Å². The number of nitrogens with zero attached hydrogens (tertiary/aromatic N) is 2. The van der Waals surface area contributed by atoms with Crippen LogP contribution in [0.4, 0.5) is 0 Å². The third-order valence-corrected chi connectivity index (χ3v) is 9.63. The Morgan fingerprint density at radius 3 is 2.76 bits per heavy atom. The van der Waals surface area contributed by atoms with Crippen molar-refractivity contribution in [3.8, 4) is 5.69 Å². The Balaban J connectivity index is 1.37. The van der Waals surface area contributed by atoms with Crippen LogP contribution in [0.15, 0.2) is 70.6 Å². The summed E-state index contributed by atoms with van der Waals surface area (Å²) in [6, 6.07) is 16.1. The minimum absolute atomic E-state index is 0.0484. The minimum Gasteiger partial charge on any atom is -0.388 e. The van der Waals surface area contributed by atoms with Gasteiger partial charge in [-0.15, -0.1) is 0 Å². The van der Waals surface area contributed by atoms with E-state index < -0.39 is 15.6 Å². The van der Waals surface area contributed by atoms with Gasteiger partial charge >= 0.3 is 0 Å². The summed E-state index contributed by atoms with van der Waals surface area (Å²) >= 11 is 0. The summed E-state index contributed by atoms with van der Waals surface area (Å²) < 4.78 is 15.1. The van der Waals surface area contributed by atoms with E-state index in [9.17, 15) is 9.32 Å². The highest BCUT2D eigenvalue weighted by Crippen LogP contribution is 2.56. The van der Waals surface area contributed by atoms with Gasteiger partial charge in [0.2, 0.25) is 0 Å². The van der Waals surface area contributed by atoms with Crippen molar-refractivity contribution in [2.75, 3.05) is 0 Å². The van der Waals surface area contributed by atoms with Gasteiger partial charge in [-0.3, -0.25) is 4.21 Å². The van der Waals surface area contributed by atoms with Crippen molar-refractivity contribution in [3.05, 3.63) is 88.1 Å². The second-order valence-electron chi connectivity index (χ2n) is 9.95. The first-order chi connectivity index (χ1) is 15.8. The van der Waals surface area contributed by atoms with Gasteiger partial charge in [0.15, 0.2) is 0 Å². The largest absolute Gasteiger partial charge is 0.388 e. The Labute approximate surface area is 195 Å². The molecule has 2 heterocycles. The number of rotatable bonds is 3. The Hall–Kier alpha value is -2.89. The van der Waals surface area contributed by atoms with Crippen molar-refractivity contribution in [1.29, 1.82) is 0 Å². The molecule has 3 aromatic rings. The van der Waals surface area contributed by atoms with Crippen LogP contribution in [0.1, 0.15) is 42.1 Å². The zero-order valence-electron chi connectivity index (χ0n) is 19.0. The summed E-state index contributed by atoms with van der Waals surface area (Å²) in [4.78, 5) is 0.739. The topological polar surface area (TPSA) is 55.1 Å². The zero-order chi connectivity index (χ0) is 23.0. The van der Waals surface area contributed by atoms with Crippen LogP contribution >= 0.6 is 0 Å². The lowest BCUT2D eigenvalue weighted by atomic mass is 9.67. The quantitative estimate of drug-likeness (QED) is 0.563. The molecule has 4 nitrogen and oxygen atoms in total. The molecule has 2 aliphatic carbocycles. The van der Waals surface area contributed by atoms with Gasteiger partial charge in [-0.1, -0.05) is 48.4 Å². The van der Waals surface area contributed by atoms with E-state index in [-0.39, 0.29) is 11.3 Å². The number of aliphatic hydroxyl groups is 1. The molecule has 33 heavy (non-hydrogen) atoms. The second-order valence-corrected chi connectivity index (χ2v) is 12.1. The molecule has 5 heteroatoms. The molecule has 1 saturated carbocycles. The summed E-state index contributed by atoms with van der Waals surface area (Å²) in [5.74, 6) is 4.00. The molecule has 2 aromatic carbocycles. The average Bonchev–Trinajstić information content (AvgIpc) is 3.43. The van der Waals surface area contributed by atoms with Gasteiger partial charge in [0.25, 0.3) is 0 Å². The van der Waals surface area contributed by atoms with Crippen LogP contribution in [0.5, 0.6) is 0 Å². The number of aliphatic hydroxyl groups excluding tert-OH is 1. The molecule has 6 rings (SSSR count). The molecule has 0 saturated heterocycles. The van der Waals surface area contributed by atoms with E-state index in [1.165, 1.54) is 16.7 Å². The monoisotopic (exact) mass is 456 g/mol. The second kappa shape index (κ2) is 7.05. The maximum atomic E-state index is 13.1. The number of hydrogen-bond acceptors (Lipinski definition) is 3. The fraction of sp³-hybridized carbons (Fsp3) is 0.286. The summed E-state index contributed by atoms with van der Waals surface area (Å²) in [6.07, 6.45) is 6.29. The highest BCUT2D eigenvalue weighted by Gasteiger charge is 2.49. The van der Waals surface area contributed by atoms with Crippen molar-refractivity contribution in [3.63, 3.8) is 0 Å². The average molecular weight is 457 g/mol. The van der Waals surface area contributed by atoms with E-state index in [0.717, 1.165) is 46.7 Å². The van der Waals surface area contributed by atoms with Gasteiger partial charge in [0.1, 0.15) is 0 Å². The Morgan fingerprint density at radius 2 is 1.97 bits per heavy atom. The van der Waals surface area contributed by atoms with E-state index in [1.54, 1.807) is 5.41 Å². The van der Waals surface area contributed by atoms with Gasteiger partial charge in [0, 0.05) is 19.8 Å². The molecule has 0 bridgehead atoms. The first-order valence-electron chi connectivity index (χ1n) is 11.5. The first kappa shape index (κ1) is 20.7. The van der Waals surface area contributed by atoms with Crippen LogP contribution < -0.4 is 0 Å². The Bertz CT molecular complexity index is 1440. The fourth-order valence-corrected chi connectivity index (χ4v) is 7.73. The number of allylic oxidation sites excluding steroid dienone is 1. The van der Waals surface area contributed by atoms with E-state index in [4.69, 9.17) is 5.10 Å². The molecule has 1 aliphatic heterocycles. The molecular weight excluding hydrogens is 428 g/mol. The summed E-state index contributed by atoms with van der Waals surface area (Å²) in [7, 11) is -2.51. The Kier molecular flexibility index (Phi) is 4.42. The molecule has 3 aliphatic rings. The normalized spacial score (nSPS) is 28.5. The van der Waals surface area contributed by atoms with Crippen LogP contribution in [0, 0.1) is 18.3 Å². The molecule has 0 amide bonds. The van der Waals surface area contributed by atoms with Gasteiger partial charge in [0.05, 0.1) is 23.7 Å². The molecule has 1 fully saturated rings. The number of aromatic nitrogens is 2. The molecule has 1 unspecified atom stereocenters. The fourth-order valence-electron chi connectivity index (χ4n) is 6.06. The highest BCUT2D eigenvalue weighted by molar-refractivity contribution is 8.03. The van der Waals surface area contributed by atoms with Crippen LogP contribution in [-0.2, 0) is 15.9 Å². The zero-order valence-corrected chi connectivity index (χ0v) is 19.8. The van der Waals surface area contributed by atoms with Gasteiger partial charge in [-0.05, 0) is 84.4 Å². The molecular formula is C28H28N2O2S. The van der Waals surface area contributed by atoms with E-state index >= 15 is 0 Å². The molecule has 168 valence electrons. The third-order valence-electron chi connectivity index (χ3n) is 7.90. The predicted molar refractivity (Wildman–Crippen MR) is 135 cm³/mol. The predicted octanol–water partition coefficient (Wildman–Crippen LogP) is 5.03. The van der Waals surface area contributed by atoms with Crippen LogP contribution in [0.3, 0.4) is 0 Å². The van der Waals surface area contributed by atoms with E-state index in [2.05, 4.69) is 50.1 Å². The van der Waals surface area contributed by atoms with Crippen molar-refractivity contribution >= 4 is 27.0 Å². The lowest BCUT2D eigenvalue weighted by molar-refractivity contribution is 0.0994. The van der Waals surface area contributed by atoms with E-state index in [1.807, 2.05) is 35.1 Å². The summed E-state index contributed by atoms with van der Waals surface area (Å²) in [5, 5.41) is 18.0. The molecule has 1 aromatic heterocycles. The number of aryl methyl sites for hydroxylation is 1. The van der Waals surface area contributed by atoms with Crippen molar-refractivity contribution in [1.82, 2.24) is 9.78 Å². The minimum atomic E-state index is -2.51. The van der Waals surface area contributed by atoms with Gasteiger partial charge in [-0.2, -0.15) is 5.10 Å².